The van der Waals surface area contributed by atoms with Crippen LogP contribution in [0.2, 0.25) is 0 Å². The zero-order valence-electron chi connectivity index (χ0n) is 12.8. The fourth-order valence-electron chi connectivity index (χ4n) is 1.71. The summed E-state index contributed by atoms with van der Waals surface area (Å²) in [4.78, 5) is 23.5. The standard InChI is InChI=1S/C13H22N4O3S/c1-8(2)7-10(15-9(3)18)11(19)12-16-17-13(20-12)21-6-5-14-4/h8,10,14H,5-7H2,1-4H3,(H,15,18)/t10-/m0/s1. The Morgan fingerprint density at radius 3 is 2.62 bits per heavy atom. The van der Waals surface area contributed by atoms with Gasteiger partial charge in [-0.05, 0) is 19.4 Å². The van der Waals surface area contributed by atoms with Crippen LogP contribution < -0.4 is 10.6 Å². The maximum atomic E-state index is 12.3. The predicted molar refractivity (Wildman–Crippen MR) is 80.3 cm³/mol. The van der Waals surface area contributed by atoms with Gasteiger partial charge in [0.2, 0.25) is 11.7 Å². The van der Waals surface area contributed by atoms with Crippen LogP contribution in [0.5, 0.6) is 0 Å². The van der Waals surface area contributed by atoms with Gasteiger partial charge in [-0.25, -0.2) is 0 Å². The van der Waals surface area contributed by atoms with Crippen LogP contribution in [-0.2, 0) is 4.79 Å². The number of Topliss-reactive ketones (excluding diaryl/α,β-unsaturated/α-hetero) is 1. The highest BCUT2D eigenvalue weighted by molar-refractivity contribution is 7.99. The number of nitrogens with one attached hydrogen (secondary N) is 2. The molecular formula is C13H22N4O3S. The van der Waals surface area contributed by atoms with Gasteiger partial charge in [0, 0.05) is 19.2 Å². The lowest BCUT2D eigenvalue weighted by molar-refractivity contribution is -0.119. The minimum absolute atomic E-state index is 0.0543. The molecule has 21 heavy (non-hydrogen) atoms. The monoisotopic (exact) mass is 314 g/mol. The predicted octanol–water partition coefficient (Wildman–Crippen LogP) is 1.11. The van der Waals surface area contributed by atoms with Crippen LogP contribution in [0.1, 0.15) is 37.9 Å². The number of ketones is 1. The van der Waals surface area contributed by atoms with Crippen molar-refractivity contribution in [1.82, 2.24) is 20.8 Å². The number of thioether (sulfide) groups is 1. The Morgan fingerprint density at radius 2 is 2.05 bits per heavy atom. The highest BCUT2D eigenvalue weighted by Crippen LogP contribution is 2.17. The zero-order chi connectivity index (χ0) is 15.8. The van der Waals surface area contributed by atoms with E-state index < -0.39 is 6.04 Å². The van der Waals surface area contributed by atoms with Gasteiger partial charge in [-0.2, -0.15) is 0 Å². The van der Waals surface area contributed by atoms with Crippen molar-refractivity contribution >= 4 is 23.5 Å². The fraction of sp³-hybridized carbons (Fsp3) is 0.692. The van der Waals surface area contributed by atoms with Gasteiger partial charge in [0.05, 0.1) is 6.04 Å². The number of nitrogens with zero attached hydrogens (tertiary/aromatic N) is 2. The molecule has 0 bridgehead atoms. The SMILES string of the molecule is CNCCSc1nnc(C(=O)[C@H](CC(C)C)NC(C)=O)o1. The van der Waals surface area contributed by atoms with Crippen molar-refractivity contribution in [2.24, 2.45) is 5.92 Å². The van der Waals surface area contributed by atoms with Crippen molar-refractivity contribution in [1.29, 1.82) is 0 Å². The van der Waals surface area contributed by atoms with E-state index in [1.54, 1.807) is 0 Å². The number of hydrogen-bond donors (Lipinski definition) is 2. The molecule has 1 rings (SSSR count). The second-order valence-electron chi connectivity index (χ2n) is 5.07. The molecule has 0 saturated heterocycles. The van der Waals surface area contributed by atoms with Gasteiger partial charge in [0.25, 0.3) is 11.1 Å². The molecule has 7 nitrogen and oxygen atoms in total. The van der Waals surface area contributed by atoms with Crippen LogP contribution in [0.4, 0.5) is 0 Å². The van der Waals surface area contributed by atoms with Gasteiger partial charge in [-0.3, -0.25) is 9.59 Å². The van der Waals surface area contributed by atoms with Gasteiger partial charge in [-0.1, -0.05) is 25.6 Å². The van der Waals surface area contributed by atoms with Crippen LogP contribution in [0.25, 0.3) is 0 Å². The molecule has 1 amide bonds. The zero-order valence-corrected chi connectivity index (χ0v) is 13.6. The average molecular weight is 314 g/mol. The van der Waals surface area contributed by atoms with Crippen molar-refractivity contribution < 1.29 is 14.0 Å². The summed E-state index contributed by atoms with van der Waals surface area (Å²) >= 11 is 1.38. The van der Waals surface area contributed by atoms with E-state index in [9.17, 15) is 9.59 Å². The molecular weight excluding hydrogens is 292 g/mol. The maximum absolute atomic E-state index is 12.3. The van der Waals surface area contributed by atoms with Gasteiger partial charge in [0.1, 0.15) is 0 Å². The van der Waals surface area contributed by atoms with Crippen LogP contribution in [-0.4, -0.2) is 47.3 Å². The van der Waals surface area contributed by atoms with E-state index in [0.717, 1.165) is 12.3 Å². The van der Waals surface area contributed by atoms with Crippen molar-refractivity contribution in [3.8, 4) is 0 Å². The first-order valence-corrected chi connectivity index (χ1v) is 7.84. The summed E-state index contributed by atoms with van der Waals surface area (Å²) in [7, 11) is 1.85. The van der Waals surface area contributed by atoms with Gasteiger partial charge in [-0.15, -0.1) is 10.2 Å². The lowest BCUT2D eigenvalue weighted by atomic mass is 10.00. The normalized spacial score (nSPS) is 12.4. The Hall–Kier alpha value is -1.41. The molecule has 0 aliphatic carbocycles. The third kappa shape index (κ3) is 6.26. The van der Waals surface area contributed by atoms with Gasteiger partial charge < -0.3 is 15.1 Å². The summed E-state index contributed by atoms with van der Waals surface area (Å²) in [5.41, 5.74) is 0. The first-order chi connectivity index (χ1) is 9.93. The molecule has 8 heteroatoms. The minimum atomic E-state index is -0.627. The first kappa shape index (κ1) is 17.6. The topological polar surface area (TPSA) is 97.1 Å². The molecule has 0 saturated carbocycles. The lowest BCUT2D eigenvalue weighted by Gasteiger charge is -2.16. The molecule has 0 aliphatic heterocycles. The summed E-state index contributed by atoms with van der Waals surface area (Å²) in [5, 5.41) is 13.6. The largest absolute Gasteiger partial charge is 0.408 e. The van der Waals surface area contributed by atoms with E-state index in [4.69, 9.17) is 4.42 Å². The summed E-state index contributed by atoms with van der Waals surface area (Å²) in [5.74, 6) is 0.386. The molecule has 0 spiro atoms. The molecule has 118 valence electrons. The quantitative estimate of drug-likeness (QED) is 0.400. The molecule has 1 heterocycles. The van der Waals surface area contributed by atoms with Crippen LogP contribution in [0.3, 0.4) is 0 Å². The van der Waals surface area contributed by atoms with Crippen molar-refractivity contribution in [2.45, 2.75) is 38.5 Å². The number of amides is 1. The third-order valence-electron chi connectivity index (χ3n) is 2.60. The van der Waals surface area contributed by atoms with E-state index >= 15 is 0 Å². The van der Waals surface area contributed by atoms with Crippen LogP contribution in [0.15, 0.2) is 9.64 Å². The number of aromatic nitrogens is 2. The molecule has 0 radical (unpaired) electrons. The Labute approximate surface area is 128 Å². The van der Waals surface area contributed by atoms with Crippen LogP contribution >= 0.6 is 11.8 Å². The van der Waals surface area contributed by atoms with Crippen LogP contribution in [0, 0.1) is 5.92 Å². The minimum Gasteiger partial charge on any atom is -0.408 e. The van der Waals surface area contributed by atoms with Gasteiger partial charge in [0.15, 0.2) is 0 Å². The smallest absolute Gasteiger partial charge is 0.286 e. The molecule has 0 aliphatic rings. The lowest BCUT2D eigenvalue weighted by Crippen LogP contribution is -2.40. The second kappa shape index (κ2) is 8.78. The molecule has 0 aromatic carbocycles. The first-order valence-electron chi connectivity index (χ1n) is 6.86. The van der Waals surface area contributed by atoms with E-state index in [1.165, 1.54) is 18.7 Å². The van der Waals surface area contributed by atoms with E-state index in [1.807, 2.05) is 20.9 Å². The highest BCUT2D eigenvalue weighted by atomic mass is 32.2. The molecule has 1 aromatic rings. The van der Waals surface area contributed by atoms with E-state index in [2.05, 4.69) is 20.8 Å². The van der Waals surface area contributed by atoms with E-state index in [-0.39, 0.29) is 23.5 Å². The van der Waals surface area contributed by atoms with Gasteiger partial charge >= 0.3 is 0 Å². The Kier molecular flexibility index (Phi) is 7.38. The fourth-order valence-corrected chi connectivity index (χ4v) is 2.42. The molecule has 2 N–H and O–H groups in total. The molecule has 1 aromatic heterocycles. The summed E-state index contributed by atoms with van der Waals surface area (Å²) < 4.78 is 5.35. The molecule has 1 atom stereocenters. The number of hydrogen-bond acceptors (Lipinski definition) is 7. The van der Waals surface area contributed by atoms with E-state index in [0.29, 0.717) is 11.6 Å². The average Bonchev–Trinajstić information content (AvgIpc) is 2.85. The third-order valence-corrected chi connectivity index (χ3v) is 3.42. The summed E-state index contributed by atoms with van der Waals surface area (Å²) in [6, 6.07) is -0.627. The number of carbonyl (C=O) groups is 2. The summed E-state index contributed by atoms with van der Waals surface area (Å²) in [6.45, 7) is 6.15. The molecule has 0 unspecified atom stereocenters. The van der Waals surface area contributed by atoms with Crippen molar-refractivity contribution in [3.05, 3.63) is 5.89 Å². The van der Waals surface area contributed by atoms with Crippen molar-refractivity contribution in [2.75, 3.05) is 19.3 Å². The molecule has 0 fully saturated rings. The number of carbonyl (C=O) groups excluding carboxylic acids is 2. The Balaban J connectivity index is 2.71. The Morgan fingerprint density at radius 1 is 1.33 bits per heavy atom. The summed E-state index contributed by atoms with van der Waals surface area (Å²) in [6.07, 6.45) is 0.531. The van der Waals surface area contributed by atoms with Crippen molar-refractivity contribution in [3.63, 3.8) is 0 Å². The second-order valence-corrected chi connectivity index (χ2v) is 6.12. The Bertz CT molecular complexity index is 476. The maximum Gasteiger partial charge on any atom is 0.286 e. The highest BCUT2D eigenvalue weighted by Gasteiger charge is 2.26. The number of rotatable bonds is 9.